The molecule has 0 fully saturated rings. The number of aromatic nitrogens is 1. The molecule has 0 amide bonds. The van der Waals surface area contributed by atoms with Gasteiger partial charge in [0.25, 0.3) is 0 Å². The monoisotopic (exact) mass is 267 g/mol. The van der Waals surface area contributed by atoms with Crippen molar-refractivity contribution in [2.24, 2.45) is 0 Å². The first-order valence-electron chi connectivity index (χ1n) is 5.01. The van der Waals surface area contributed by atoms with E-state index < -0.39 is 0 Å². The SMILES string of the molecule is Cc1ccnc(Nc2ccc(Cl)c(Cl)c2)c1N. The summed E-state index contributed by atoms with van der Waals surface area (Å²) in [6, 6.07) is 7.12. The molecule has 0 aliphatic heterocycles. The summed E-state index contributed by atoms with van der Waals surface area (Å²) in [5.74, 6) is 0.614. The molecule has 1 aromatic carbocycles. The van der Waals surface area contributed by atoms with E-state index in [1.807, 2.05) is 19.1 Å². The lowest BCUT2D eigenvalue weighted by molar-refractivity contribution is 1.28. The second-order valence-corrected chi connectivity index (χ2v) is 4.46. The lowest BCUT2D eigenvalue weighted by Gasteiger charge is -2.10. The summed E-state index contributed by atoms with van der Waals surface area (Å²) in [4.78, 5) is 4.17. The van der Waals surface area contributed by atoms with Crippen LogP contribution in [0, 0.1) is 6.92 Å². The van der Waals surface area contributed by atoms with Gasteiger partial charge in [0.2, 0.25) is 0 Å². The summed E-state index contributed by atoms with van der Waals surface area (Å²) >= 11 is 11.8. The van der Waals surface area contributed by atoms with Crippen LogP contribution in [0.3, 0.4) is 0 Å². The minimum Gasteiger partial charge on any atom is -0.396 e. The number of anilines is 3. The van der Waals surface area contributed by atoms with Crippen LogP contribution in [0.2, 0.25) is 10.0 Å². The van der Waals surface area contributed by atoms with Gasteiger partial charge in [0.15, 0.2) is 5.82 Å². The molecule has 0 radical (unpaired) electrons. The zero-order valence-corrected chi connectivity index (χ0v) is 10.7. The van der Waals surface area contributed by atoms with E-state index >= 15 is 0 Å². The molecule has 2 aromatic rings. The Bertz CT molecular complexity index is 555. The summed E-state index contributed by atoms with van der Waals surface area (Å²) in [5.41, 5.74) is 8.31. The first kappa shape index (κ1) is 12.0. The second kappa shape index (κ2) is 4.82. The molecule has 0 spiro atoms. The zero-order valence-electron chi connectivity index (χ0n) is 9.17. The largest absolute Gasteiger partial charge is 0.396 e. The van der Waals surface area contributed by atoms with Crippen molar-refractivity contribution in [1.82, 2.24) is 4.98 Å². The molecule has 88 valence electrons. The maximum absolute atomic E-state index is 5.93. The van der Waals surface area contributed by atoms with Crippen LogP contribution in [0.5, 0.6) is 0 Å². The second-order valence-electron chi connectivity index (χ2n) is 3.64. The van der Waals surface area contributed by atoms with E-state index in [4.69, 9.17) is 28.9 Å². The summed E-state index contributed by atoms with van der Waals surface area (Å²) in [7, 11) is 0. The highest BCUT2D eigenvalue weighted by molar-refractivity contribution is 6.42. The van der Waals surface area contributed by atoms with Gasteiger partial charge < -0.3 is 11.1 Å². The number of hydrogen-bond donors (Lipinski definition) is 2. The lowest BCUT2D eigenvalue weighted by Crippen LogP contribution is -2.00. The van der Waals surface area contributed by atoms with Crippen molar-refractivity contribution in [1.29, 1.82) is 0 Å². The minimum absolute atomic E-state index is 0.489. The first-order valence-corrected chi connectivity index (χ1v) is 5.76. The maximum atomic E-state index is 5.93. The number of aryl methyl sites for hydroxylation is 1. The summed E-state index contributed by atoms with van der Waals surface area (Å²) in [6.45, 7) is 1.93. The van der Waals surface area contributed by atoms with Crippen molar-refractivity contribution >= 4 is 40.4 Å². The molecule has 17 heavy (non-hydrogen) atoms. The third kappa shape index (κ3) is 2.62. The minimum atomic E-state index is 0.489. The molecule has 0 atom stereocenters. The number of nitrogens with zero attached hydrogens (tertiary/aromatic N) is 1. The van der Waals surface area contributed by atoms with E-state index in [0.29, 0.717) is 21.6 Å². The molecule has 1 aromatic heterocycles. The summed E-state index contributed by atoms with van der Waals surface area (Å²) < 4.78 is 0. The molecule has 0 saturated carbocycles. The van der Waals surface area contributed by atoms with E-state index in [9.17, 15) is 0 Å². The van der Waals surface area contributed by atoms with Gasteiger partial charge in [-0.3, -0.25) is 0 Å². The quantitative estimate of drug-likeness (QED) is 0.864. The standard InChI is InChI=1S/C12H11Cl2N3/c1-7-4-5-16-12(11(7)15)17-8-2-3-9(13)10(14)6-8/h2-6H,15H2,1H3,(H,16,17). The van der Waals surface area contributed by atoms with Gasteiger partial charge >= 0.3 is 0 Å². The molecular formula is C12H11Cl2N3. The predicted octanol–water partition coefficient (Wildman–Crippen LogP) is 4.02. The van der Waals surface area contributed by atoms with Crippen molar-refractivity contribution in [2.45, 2.75) is 6.92 Å². The number of hydrogen-bond acceptors (Lipinski definition) is 3. The molecule has 3 N–H and O–H groups in total. The lowest BCUT2D eigenvalue weighted by atomic mass is 10.2. The van der Waals surface area contributed by atoms with E-state index in [-0.39, 0.29) is 0 Å². The third-order valence-electron chi connectivity index (χ3n) is 2.39. The Morgan fingerprint density at radius 2 is 1.94 bits per heavy atom. The molecule has 0 bridgehead atoms. The van der Waals surface area contributed by atoms with Crippen LogP contribution in [-0.4, -0.2) is 4.98 Å². The highest BCUT2D eigenvalue weighted by Crippen LogP contribution is 2.28. The van der Waals surface area contributed by atoms with Crippen LogP contribution in [0.1, 0.15) is 5.56 Å². The molecule has 0 aliphatic carbocycles. The number of halogens is 2. The van der Waals surface area contributed by atoms with Gasteiger partial charge in [-0.1, -0.05) is 23.2 Å². The summed E-state index contributed by atoms with van der Waals surface area (Å²) in [5, 5.41) is 4.11. The van der Waals surface area contributed by atoms with Gasteiger partial charge in [-0.15, -0.1) is 0 Å². The van der Waals surface area contributed by atoms with Gasteiger partial charge in [-0.05, 0) is 36.8 Å². The van der Waals surface area contributed by atoms with Crippen molar-refractivity contribution in [3.8, 4) is 0 Å². The van der Waals surface area contributed by atoms with Crippen molar-refractivity contribution in [3.63, 3.8) is 0 Å². The normalized spacial score (nSPS) is 10.3. The highest BCUT2D eigenvalue weighted by Gasteiger charge is 2.05. The Hall–Kier alpha value is -1.45. The number of benzene rings is 1. The molecule has 3 nitrogen and oxygen atoms in total. The van der Waals surface area contributed by atoms with Gasteiger partial charge in [0, 0.05) is 11.9 Å². The maximum Gasteiger partial charge on any atom is 0.153 e. The van der Waals surface area contributed by atoms with Gasteiger partial charge in [-0.25, -0.2) is 4.98 Å². The fourth-order valence-corrected chi connectivity index (χ4v) is 1.68. The van der Waals surface area contributed by atoms with Gasteiger partial charge in [-0.2, -0.15) is 0 Å². The topological polar surface area (TPSA) is 50.9 Å². The zero-order chi connectivity index (χ0) is 12.4. The molecule has 1 heterocycles. The average Bonchev–Trinajstić information content (AvgIpc) is 2.30. The molecule has 0 unspecified atom stereocenters. The van der Waals surface area contributed by atoms with Crippen LogP contribution >= 0.6 is 23.2 Å². The number of nitrogens with two attached hydrogens (primary N) is 1. The highest BCUT2D eigenvalue weighted by atomic mass is 35.5. The van der Waals surface area contributed by atoms with E-state index in [1.54, 1.807) is 18.3 Å². The smallest absolute Gasteiger partial charge is 0.153 e. The van der Waals surface area contributed by atoms with E-state index in [1.165, 1.54) is 0 Å². The fourth-order valence-electron chi connectivity index (χ4n) is 1.38. The van der Waals surface area contributed by atoms with Crippen LogP contribution < -0.4 is 11.1 Å². The van der Waals surface area contributed by atoms with Gasteiger partial charge in [0.1, 0.15) is 0 Å². The van der Waals surface area contributed by atoms with Crippen LogP contribution in [-0.2, 0) is 0 Å². The summed E-state index contributed by atoms with van der Waals surface area (Å²) in [6.07, 6.45) is 1.70. The number of nitrogens with one attached hydrogen (secondary N) is 1. The van der Waals surface area contributed by atoms with Crippen LogP contribution in [0.25, 0.3) is 0 Å². The number of rotatable bonds is 2. The van der Waals surface area contributed by atoms with E-state index in [2.05, 4.69) is 10.3 Å². The fraction of sp³-hybridized carbons (Fsp3) is 0.0833. The Labute approximate surface area is 110 Å². The predicted molar refractivity (Wildman–Crippen MR) is 73.1 cm³/mol. The number of nitrogen functional groups attached to an aromatic ring is 1. The van der Waals surface area contributed by atoms with Crippen molar-refractivity contribution < 1.29 is 0 Å². The number of pyridine rings is 1. The molecular weight excluding hydrogens is 257 g/mol. The van der Waals surface area contributed by atoms with Gasteiger partial charge in [0.05, 0.1) is 15.7 Å². The Balaban J connectivity index is 2.31. The van der Waals surface area contributed by atoms with E-state index in [0.717, 1.165) is 11.3 Å². The molecule has 0 aliphatic rings. The Morgan fingerprint density at radius 3 is 2.65 bits per heavy atom. The Kier molecular flexibility index (Phi) is 3.41. The molecule has 0 saturated heterocycles. The first-order chi connectivity index (χ1) is 8.08. The average molecular weight is 268 g/mol. The van der Waals surface area contributed by atoms with Crippen LogP contribution in [0.4, 0.5) is 17.2 Å². The van der Waals surface area contributed by atoms with Crippen LogP contribution in [0.15, 0.2) is 30.5 Å². The molecule has 2 rings (SSSR count). The third-order valence-corrected chi connectivity index (χ3v) is 3.13. The van der Waals surface area contributed by atoms with Crippen molar-refractivity contribution in [3.05, 3.63) is 46.1 Å². The van der Waals surface area contributed by atoms with Crippen molar-refractivity contribution in [2.75, 3.05) is 11.1 Å². The molecule has 5 heteroatoms. The Morgan fingerprint density at radius 1 is 1.18 bits per heavy atom.